The highest BCUT2D eigenvalue weighted by Gasteiger charge is 2.13. The maximum Gasteiger partial charge on any atom is 0.141 e. The van der Waals surface area contributed by atoms with E-state index in [1.807, 2.05) is 25.5 Å². The molecular weight excluding hydrogens is 305 g/mol. The maximum atomic E-state index is 13.2. The number of aliphatic hydroxyl groups is 1. The highest BCUT2D eigenvalue weighted by atomic mass is 35.5. The van der Waals surface area contributed by atoms with Crippen molar-refractivity contribution in [2.75, 3.05) is 6.61 Å². The number of halogens is 2. The summed E-state index contributed by atoms with van der Waals surface area (Å²) in [5, 5.41) is 17.0. The van der Waals surface area contributed by atoms with Crippen molar-refractivity contribution >= 4 is 11.6 Å². The lowest BCUT2D eigenvalue weighted by Gasteiger charge is -2.15. The Morgan fingerprint density at radius 2 is 2.14 bits per heavy atom. The van der Waals surface area contributed by atoms with Crippen LogP contribution in [0.5, 0.6) is 0 Å². The first-order chi connectivity index (χ1) is 10.4. The van der Waals surface area contributed by atoms with Gasteiger partial charge in [-0.25, -0.2) is 4.39 Å². The Bertz CT molecular complexity index is 657. The van der Waals surface area contributed by atoms with Gasteiger partial charge in [0.25, 0.3) is 0 Å². The second-order valence-corrected chi connectivity index (χ2v) is 5.78. The van der Waals surface area contributed by atoms with Gasteiger partial charge in [-0.05, 0) is 38.5 Å². The molecule has 1 unspecified atom stereocenters. The van der Waals surface area contributed by atoms with Gasteiger partial charge in [0.1, 0.15) is 5.82 Å². The van der Waals surface area contributed by atoms with Crippen molar-refractivity contribution in [2.24, 2.45) is 0 Å². The van der Waals surface area contributed by atoms with Crippen molar-refractivity contribution in [3.63, 3.8) is 0 Å². The van der Waals surface area contributed by atoms with Crippen LogP contribution in [0.25, 0.3) is 0 Å². The van der Waals surface area contributed by atoms with Gasteiger partial charge in [-0.15, -0.1) is 0 Å². The first-order valence-corrected chi connectivity index (χ1v) is 7.64. The molecule has 1 atom stereocenters. The van der Waals surface area contributed by atoms with E-state index in [1.54, 1.807) is 12.1 Å². The zero-order valence-electron chi connectivity index (χ0n) is 13.0. The molecule has 120 valence electrons. The van der Waals surface area contributed by atoms with Gasteiger partial charge in [-0.1, -0.05) is 17.7 Å². The lowest BCUT2D eigenvalue weighted by Crippen LogP contribution is -2.19. The third-order valence-corrected chi connectivity index (χ3v) is 4.16. The molecular formula is C16H21ClFN3O. The fraction of sp³-hybridized carbons (Fsp3) is 0.438. The van der Waals surface area contributed by atoms with Gasteiger partial charge in [-0.3, -0.25) is 4.68 Å². The summed E-state index contributed by atoms with van der Waals surface area (Å²) in [6, 6.07) is 4.79. The SMILES string of the molecule is Cc1nn(CCO)c(C)c1CNC(C)c1ccc(F)c(Cl)c1. The number of rotatable bonds is 6. The van der Waals surface area contributed by atoms with E-state index < -0.39 is 5.82 Å². The summed E-state index contributed by atoms with van der Waals surface area (Å²) in [7, 11) is 0. The maximum absolute atomic E-state index is 13.2. The quantitative estimate of drug-likeness (QED) is 0.858. The number of nitrogens with one attached hydrogen (secondary N) is 1. The molecule has 1 aromatic heterocycles. The van der Waals surface area contributed by atoms with Crippen LogP contribution < -0.4 is 5.32 Å². The number of aliphatic hydroxyl groups excluding tert-OH is 1. The molecule has 0 fully saturated rings. The van der Waals surface area contributed by atoms with Crippen molar-refractivity contribution in [1.29, 1.82) is 0 Å². The third-order valence-electron chi connectivity index (χ3n) is 3.87. The van der Waals surface area contributed by atoms with E-state index in [0.29, 0.717) is 13.1 Å². The minimum atomic E-state index is -0.408. The summed E-state index contributed by atoms with van der Waals surface area (Å²) in [6.07, 6.45) is 0. The number of nitrogens with zero attached hydrogens (tertiary/aromatic N) is 2. The molecule has 0 spiro atoms. The molecule has 0 radical (unpaired) electrons. The fourth-order valence-electron chi connectivity index (χ4n) is 2.46. The van der Waals surface area contributed by atoms with Crippen LogP contribution in [0.2, 0.25) is 5.02 Å². The first kappa shape index (κ1) is 16.9. The molecule has 0 saturated heterocycles. The largest absolute Gasteiger partial charge is 0.394 e. The highest BCUT2D eigenvalue weighted by molar-refractivity contribution is 6.30. The summed E-state index contributed by atoms with van der Waals surface area (Å²) in [5.41, 5.74) is 4.05. The second kappa shape index (κ2) is 7.22. The van der Waals surface area contributed by atoms with Gasteiger partial charge in [0.2, 0.25) is 0 Å². The van der Waals surface area contributed by atoms with Gasteiger partial charge in [0, 0.05) is 23.8 Å². The Kier molecular flexibility index (Phi) is 5.56. The number of hydrogen-bond donors (Lipinski definition) is 2. The minimum absolute atomic E-state index is 0.0399. The lowest BCUT2D eigenvalue weighted by molar-refractivity contribution is 0.267. The van der Waals surface area contributed by atoms with E-state index in [2.05, 4.69) is 10.4 Å². The zero-order valence-corrected chi connectivity index (χ0v) is 13.8. The molecule has 0 aliphatic rings. The van der Waals surface area contributed by atoms with Crippen molar-refractivity contribution in [1.82, 2.24) is 15.1 Å². The summed E-state index contributed by atoms with van der Waals surface area (Å²) in [6.45, 7) is 7.17. The van der Waals surface area contributed by atoms with Crippen LogP contribution in [0, 0.1) is 19.7 Å². The van der Waals surface area contributed by atoms with Gasteiger partial charge in [0.15, 0.2) is 0 Å². The summed E-state index contributed by atoms with van der Waals surface area (Å²) in [4.78, 5) is 0. The van der Waals surface area contributed by atoms with Crippen molar-refractivity contribution in [3.05, 3.63) is 51.6 Å². The number of hydrogen-bond acceptors (Lipinski definition) is 3. The molecule has 0 aliphatic carbocycles. The van der Waals surface area contributed by atoms with Crippen molar-refractivity contribution in [2.45, 2.75) is 39.9 Å². The third kappa shape index (κ3) is 3.66. The minimum Gasteiger partial charge on any atom is -0.394 e. The molecule has 2 N–H and O–H groups in total. The number of aromatic nitrogens is 2. The van der Waals surface area contributed by atoms with Crippen LogP contribution in [-0.2, 0) is 13.1 Å². The standard InChI is InChI=1S/C16H21ClFN3O/c1-10(13-4-5-16(18)15(17)8-13)19-9-14-11(2)20-21(6-7-22)12(14)3/h4-5,8,10,19,22H,6-7,9H2,1-3H3. The van der Waals surface area contributed by atoms with Gasteiger partial charge < -0.3 is 10.4 Å². The van der Waals surface area contributed by atoms with Crippen LogP contribution in [0.15, 0.2) is 18.2 Å². The van der Waals surface area contributed by atoms with Crippen LogP contribution in [0.1, 0.15) is 35.5 Å². The Hall–Kier alpha value is -1.43. The van der Waals surface area contributed by atoms with E-state index >= 15 is 0 Å². The monoisotopic (exact) mass is 325 g/mol. The first-order valence-electron chi connectivity index (χ1n) is 7.26. The van der Waals surface area contributed by atoms with Crippen LogP contribution >= 0.6 is 11.6 Å². The van der Waals surface area contributed by atoms with E-state index in [4.69, 9.17) is 16.7 Å². The molecule has 22 heavy (non-hydrogen) atoms. The fourth-order valence-corrected chi connectivity index (χ4v) is 2.65. The summed E-state index contributed by atoms with van der Waals surface area (Å²) in [5.74, 6) is -0.408. The van der Waals surface area contributed by atoms with Gasteiger partial charge >= 0.3 is 0 Å². The zero-order chi connectivity index (χ0) is 16.3. The molecule has 0 bridgehead atoms. The van der Waals surface area contributed by atoms with Crippen LogP contribution in [0.4, 0.5) is 4.39 Å². The molecule has 2 rings (SSSR count). The second-order valence-electron chi connectivity index (χ2n) is 5.37. The lowest BCUT2D eigenvalue weighted by atomic mass is 10.1. The molecule has 0 saturated carbocycles. The van der Waals surface area contributed by atoms with Gasteiger partial charge in [0.05, 0.1) is 23.9 Å². The number of aryl methyl sites for hydroxylation is 1. The Morgan fingerprint density at radius 3 is 2.77 bits per heavy atom. The Morgan fingerprint density at radius 1 is 1.41 bits per heavy atom. The molecule has 2 aromatic rings. The molecule has 0 aliphatic heterocycles. The summed E-state index contributed by atoms with van der Waals surface area (Å²) >= 11 is 5.82. The molecule has 1 aromatic carbocycles. The van der Waals surface area contributed by atoms with E-state index in [-0.39, 0.29) is 17.7 Å². The molecule has 0 amide bonds. The summed E-state index contributed by atoms with van der Waals surface area (Å²) < 4.78 is 15.0. The smallest absolute Gasteiger partial charge is 0.141 e. The Labute approximate surface area is 134 Å². The average Bonchev–Trinajstić information content (AvgIpc) is 2.74. The number of benzene rings is 1. The van der Waals surface area contributed by atoms with E-state index in [1.165, 1.54) is 6.07 Å². The van der Waals surface area contributed by atoms with Crippen LogP contribution in [0.3, 0.4) is 0 Å². The van der Waals surface area contributed by atoms with E-state index in [9.17, 15) is 4.39 Å². The predicted molar refractivity (Wildman–Crippen MR) is 85.5 cm³/mol. The van der Waals surface area contributed by atoms with E-state index in [0.717, 1.165) is 22.5 Å². The Balaban J connectivity index is 2.07. The van der Waals surface area contributed by atoms with Crippen LogP contribution in [-0.4, -0.2) is 21.5 Å². The predicted octanol–water partition coefficient (Wildman–Crippen LogP) is 3.14. The molecule has 6 heteroatoms. The molecule has 4 nitrogen and oxygen atoms in total. The van der Waals surface area contributed by atoms with Crippen molar-refractivity contribution in [3.8, 4) is 0 Å². The van der Waals surface area contributed by atoms with Crippen molar-refractivity contribution < 1.29 is 9.50 Å². The molecule has 1 heterocycles. The average molecular weight is 326 g/mol. The van der Waals surface area contributed by atoms with Gasteiger partial charge in [-0.2, -0.15) is 5.10 Å². The normalized spacial score (nSPS) is 12.6. The topological polar surface area (TPSA) is 50.1 Å². The highest BCUT2D eigenvalue weighted by Crippen LogP contribution is 2.21.